The highest BCUT2D eigenvalue weighted by molar-refractivity contribution is 7.99. The summed E-state index contributed by atoms with van der Waals surface area (Å²) >= 11 is 7.80. The van der Waals surface area contributed by atoms with Crippen LogP contribution in [-0.2, 0) is 6.42 Å². The zero-order valence-electron chi connectivity index (χ0n) is 10.7. The molecule has 0 bridgehead atoms. The van der Waals surface area contributed by atoms with Crippen LogP contribution in [0.1, 0.15) is 16.7 Å². The van der Waals surface area contributed by atoms with Crippen LogP contribution < -0.4 is 4.74 Å². The lowest BCUT2D eigenvalue weighted by Crippen LogP contribution is -2.03. The van der Waals surface area contributed by atoms with Crippen LogP contribution in [0.5, 0.6) is 11.5 Å². The first-order chi connectivity index (χ1) is 9.10. The average molecular weight is 293 g/mol. The summed E-state index contributed by atoms with van der Waals surface area (Å²) in [6.07, 6.45) is 0.773. The number of hydrogen-bond acceptors (Lipinski definition) is 3. The van der Waals surface area contributed by atoms with E-state index in [0.717, 1.165) is 26.8 Å². The lowest BCUT2D eigenvalue weighted by atomic mass is 9.99. The van der Waals surface area contributed by atoms with Crippen molar-refractivity contribution in [2.45, 2.75) is 23.1 Å². The summed E-state index contributed by atoms with van der Waals surface area (Å²) in [7, 11) is 1.60. The lowest BCUT2D eigenvalue weighted by Gasteiger charge is -2.23. The Hall–Kier alpha value is -1.32. The Labute approximate surface area is 121 Å². The van der Waals surface area contributed by atoms with E-state index in [1.165, 1.54) is 22.9 Å². The monoisotopic (exact) mass is 292 g/mol. The molecule has 2 nitrogen and oxygen atoms in total. The van der Waals surface area contributed by atoms with Gasteiger partial charge in [-0.25, -0.2) is 0 Å². The zero-order valence-corrected chi connectivity index (χ0v) is 12.2. The molecule has 4 heteroatoms. The van der Waals surface area contributed by atoms with E-state index in [4.69, 9.17) is 16.3 Å². The summed E-state index contributed by atoms with van der Waals surface area (Å²) in [6, 6.07) is 7.56. The van der Waals surface area contributed by atoms with Crippen molar-refractivity contribution in [3.63, 3.8) is 0 Å². The Morgan fingerprint density at radius 2 is 2.05 bits per heavy atom. The second kappa shape index (κ2) is 4.66. The maximum atomic E-state index is 10.1. The summed E-state index contributed by atoms with van der Waals surface area (Å²) in [6.45, 7) is 2.08. The minimum atomic E-state index is 0.252. The van der Waals surface area contributed by atoms with Crippen molar-refractivity contribution in [1.29, 1.82) is 0 Å². The molecular formula is C15H13ClO2S. The first kappa shape index (κ1) is 12.7. The number of aromatic hydroxyl groups is 1. The summed E-state index contributed by atoms with van der Waals surface area (Å²) in [5.41, 5.74) is 3.54. The molecule has 2 aromatic carbocycles. The molecule has 1 N–H and O–H groups in total. The number of fused-ring (bicyclic) bond motifs is 2. The molecule has 0 atom stereocenters. The number of aryl methyl sites for hydroxylation is 1. The fraction of sp³-hybridized carbons (Fsp3) is 0.200. The highest BCUT2D eigenvalue weighted by atomic mass is 35.5. The third-order valence-corrected chi connectivity index (χ3v) is 5.15. The molecule has 1 heterocycles. The van der Waals surface area contributed by atoms with E-state index in [0.29, 0.717) is 5.75 Å². The minimum absolute atomic E-state index is 0.252. The third-order valence-electron chi connectivity index (χ3n) is 3.37. The van der Waals surface area contributed by atoms with E-state index in [9.17, 15) is 5.11 Å². The molecule has 0 spiro atoms. The Morgan fingerprint density at radius 1 is 1.26 bits per heavy atom. The van der Waals surface area contributed by atoms with Gasteiger partial charge in [0.1, 0.15) is 11.5 Å². The smallest absolute Gasteiger partial charge is 0.133 e. The standard InChI is InChI=1S/C15H13ClO2S/c1-8-3-4-12(16)15-11(8)6-9-5-10(18-2)7-13(17)14(9)19-15/h3-5,7,17H,6H2,1-2H3. The summed E-state index contributed by atoms with van der Waals surface area (Å²) in [5, 5.41) is 10.9. The fourth-order valence-electron chi connectivity index (χ4n) is 2.33. The number of benzene rings is 2. The van der Waals surface area contributed by atoms with E-state index in [2.05, 4.69) is 6.92 Å². The van der Waals surface area contributed by atoms with Gasteiger partial charge in [-0.3, -0.25) is 0 Å². The summed E-state index contributed by atoms with van der Waals surface area (Å²) in [4.78, 5) is 1.93. The van der Waals surface area contributed by atoms with Gasteiger partial charge in [-0.1, -0.05) is 29.4 Å². The first-order valence-electron chi connectivity index (χ1n) is 5.96. The highest BCUT2D eigenvalue weighted by Crippen LogP contribution is 2.48. The van der Waals surface area contributed by atoms with Crippen molar-refractivity contribution in [3.8, 4) is 11.5 Å². The molecule has 0 radical (unpaired) electrons. The topological polar surface area (TPSA) is 29.5 Å². The molecule has 98 valence electrons. The van der Waals surface area contributed by atoms with Crippen LogP contribution in [0, 0.1) is 6.92 Å². The van der Waals surface area contributed by atoms with Gasteiger partial charge in [0.05, 0.1) is 17.0 Å². The number of phenolic OH excluding ortho intramolecular Hbond substituents is 1. The van der Waals surface area contributed by atoms with Gasteiger partial charge >= 0.3 is 0 Å². The van der Waals surface area contributed by atoms with E-state index in [-0.39, 0.29) is 5.75 Å². The van der Waals surface area contributed by atoms with Gasteiger partial charge in [-0.05, 0) is 35.7 Å². The van der Waals surface area contributed by atoms with Gasteiger partial charge in [0.25, 0.3) is 0 Å². The van der Waals surface area contributed by atoms with Crippen LogP contribution in [0.2, 0.25) is 5.02 Å². The van der Waals surface area contributed by atoms with E-state index in [1.807, 2.05) is 18.2 Å². The molecule has 0 saturated carbocycles. The van der Waals surface area contributed by atoms with Crippen molar-refractivity contribution >= 4 is 23.4 Å². The molecule has 0 saturated heterocycles. The fourth-order valence-corrected chi connectivity index (χ4v) is 3.78. The first-order valence-corrected chi connectivity index (χ1v) is 7.15. The van der Waals surface area contributed by atoms with Crippen molar-refractivity contribution in [2.75, 3.05) is 7.11 Å². The molecule has 0 unspecified atom stereocenters. The van der Waals surface area contributed by atoms with Gasteiger partial charge in [0.2, 0.25) is 0 Å². The lowest BCUT2D eigenvalue weighted by molar-refractivity contribution is 0.404. The number of halogens is 1. The van der Waals surface area contributed by atoms with Crippen LogP contribution in [0.3, 0.4) is 0 Å². The number of phenols is 1. The van der Waals surface area contributed by atoms with Crippen molar-refractivity contribution < 1.29 is 9.84 Å². The maximum absolute atomic E-state index is 10.1. The number of ether oxygens (including phenoxy) is 1. The van der Waals surface area contributed by atoms with Crippen LogP contribution >= 0.6 is 23.4 Å². The summed E-state index contributed by atoms with van der Waals surface area (Å²) < 4.78 is 5.21. The maximum Gasteiger partial charge on any atom is 0.133 e. The van der Waals surface area contributed by atoms with Crippen LogP contribution in [0.4, 0.5) is 0 Å². The van der Waals surface area contributed by atoms with E-state index >= 15 is 0 Å². The Balaban J connectivity index is 2.17. The molecular weight excluding hydrogens is 280 g/mol. The molecule has 0 fully saturated rings. The van der Waals surface area contributed by atoms with Gasteiger partial charge in [-0.15, -0.1) is 0 Å². The molecule has 0 aliphatic carbocycles. The molecule has 1 aliphatic heterocycles. The predicted octanol–water partition coefficient (Wildman–Crippen LogP) is 4.42. The quantitative estimate of drug-likeness (QED) is 0.720. The molecule has 0 amide bonds. The van der Waals surface area contributed by atoms with Gasteiger partial charge in [-0.2, -0.15) is 0 Å². The van der Waals surface area contributed by atoms with E-state index in [1.54, 1.807) is 13.2 Å². The Kier molecular flexibility index (Phi) is 3.11. The van der Waals surface area contributed by atoms with Gasteiger partial charge in [0.15, 0.2) is 0 Å². The normalized spacial score (nSPS) is 12.8. The van der Waals surface area contributed by atoms with Crippen LogP contribution in [0.15, 0.2) is 34.1 Å². The van der Waals surface area contributed by atoms with Gasteiger partial charge in [0, 0.05) is 17.4 Å². The molecule has 19 heavy (non-hydrogen) atoms. The molecule has 0 aromatic heterocycles. The zero-order chi connectivity index (χ0) is 13.6. The highest BCUT2D eigenvalue weighted by Gasteiger charge is 2.23. The average Bonchev–Trinajstić information content (AvgIpc) is 2.41. The van der Waals surface area contributed by atoms with E-state index < -0.39 is 0 Å². The van der Waals surface area contributed by atoms with Crippen molar-refractivity contribution in [1.82, 2.24) is 0 Å². The third kappa shape index (κ3) is 2.07. The Morgan fingerprint density at radius 3 is 2.79 bits per heavy atom. The van der Waals surface area contributed by atoms with Crippen LogP contribution in [0.25, 0.3) is 0 Å². The second-order valence-electron chi connectivity index (χ2n) is 4.59. The number of hydrogen-bond donors (Lipinski definition) is 1. The number of methoxy groups -OCH3 is 1. The second-order valence-corrected chi connectivity index (χ2v) is 6.01. The SMILES string of the molecule is COc1cc(O)c2c(c1)Cc1c(C)ccc(Cl)c1S2. The minimum Gasteiger partial charge on any atom is -0.507 e. The summed E-state index contributed by atoms with van der Waals surface area (Å²) in [5.74, 6) is 0.933. The predicted molar refractivity (Wildman–Crippen MR) is 77.8 cm³/mol. The Bertz CT molecular complexity index is 668. The largest absolute Gasteiger partial charge is 0.507 e. The number of rotatable bonds is 1. The molecule has 2 aromatic rings. The van der Waals surface area contributed by atoms with Gasteiger partial charge < -0.3 is 9.84 Å². The van der Waals surface area contributed by atoms with Crippen molar-refractivity contribution in [2.24, 2.45) is 0 Å². The molecule has 3 rings (SSSR count). The molecule has 1 aliphatic rings. The van der Waals surface area contributed by atoms with Crippen molar-refractivity contribution in [3.05, 3.63) is 46.0 Å². The van der Waals surface area contributed by atoms with Crippen LogP contribution in [-0.4, -0.2) is 12.2 Å².